The van der Waals surface area contributed by atoms with Crippen LogP contribution in [0.25, 0.3) is 5.52 Å². The van der Waals surface area contributed by atoms with E-state index in [2.05, 4.69) is 21.0 Å². The van der Waals surface area contributed by atoms with Gasteiger partial charge in [-0.15, -0.1) is 0 Å². The maximum absolute atomic E-state index is 13.1. The van der Waals surface area contributed by atoms with Gasteiger partial charge < -0.3 is 4.90 Å². The zero-order valence-electron chi connectivity index (χ0n) is 14.3. The van der Waals surface area contributed by atoms with Crippen LogP contribution in [0.1, 0.15) is 40.1 Å². The first-order valence-electron chi connectivity index (χ1n) is 8.40. The Morgan fingerprint density at radius 1 is 1.22 bits per heavy atom. The zero-order chi connectivity index (χ0) is 19.3. The maximum atomic E-state index is 13.1. The Balaban J connectivity index is 1.67. The number of nitrogens with zero attached hydrogens (tertiary/aromatic N) is 3. The summed E-state index contributed by atoms with van der Waals surface area (Å²) in [5.74, 6) is -0.287. The molecule has 0 radical (unpaired) electrons. The summed E-state index contributed by atoms with van der Waals surface area (Å²) in [6.07, 6.45) is -2.14. The first-order chi connectivity index (χ1) is 12.7. The number of rotatable bonds is 1. The topological polar surface area (TPSA) is 37.6 Å². The van der Waals surface area contributed by atoms with Crippen LogP contribution < -0.4 is 0 Å². The molecule has 1 unspecified atom stereocenters. The van der Waals surface area contributed by atoms with Crippen molar-refractivity contribution < 1.29 is 18.0 Å². The Morgan fingerprint density at radius 2 is 2.00 bits per heavy atom. The number of benzene rings is 1. The highest BCUT2D eigenvalue weighted by Gasteiger charge is 2.34. The van der Waals surface area contributed by atoms with Crippen molar-refractivity contribution in [1.29, 1.82) is 0 Å². The number of fused-ring (bicyclic) bond motifs is 2. The van der Waals surface area contributed by atoms with Crippen LogP contribution in [0.15, 0.2) is 47.1 Å². The molecule has 0 saturated carbocycles. The van der Waals surface area contributed by atoms with E-state index in [1.54, 1.807) is 28.6 Å². The predicted octanol–water partition coefficient (Wildman–Crippen LogP) is 4.88. The molecule has 1 atom stereocenters. The molecule has 1 amide bonds. The summed E-state index contributed by atoms with van der Waals surface area (Å²) in [5, 5.41) is 4.31. The van der Waals surface area contributed by atoms with Gasteiger partial charge in [0.2, 0.25) is 0 Å². The molecule has 0 bridgehead atoms. The molecule has 1 aromatic carbocycles. The lowest BCUT2D eigenvalue weighted by Gasteiger charge is -2.35. The lowest BCUT2D eigenvalue weighted by atomic mass is 9.91. The molecule has 0 aliphatic carbocycles. The quantitative estimate of drug-likeness (QED) is 0.544. The van der Waals surface area contributed by atoms with Crippen molar-refractivity contribution in [2.45, 2.75) is 25.6 Å². The second-order valence-electron chi connectivity index (χ2n) is 6.58. The second-order valence-corrected chi connectivity index (χ2v) is 7.50. The van der Waals surface area contributed by atoms with E-state index in [4.69, 9.17) is 0 Å². The zero-order valence-corrected chi connectivity index (χ0v) is 15.9. The van der Waals surface area contributed by atoms with Crippen molar-refractivity contribution in [2.24, 2.45) is 0 Å². The highest BCUT2D eigenvalue weighted by Crippen LogP contribution is 2.36. The van der Waals surface area contributed by atoms with Crippen LogP contribution in [0.4, 0.5) is 13.2 Å². The Bertz CT molecular complexity index is 1040. The smallest absolute Gasteiger partial charge is 0.330 e. The highest BCUT2D eigenvalue weighted by molar-refractivity contribution is 9.10. The number of amides is 1. The van der Waals surface area contributed by atoms with Crippen LogP contribution in [0.3, 0.4) is 0 Å². The summed E-state index contributed by atoms with van der Waals surface area (Å²) in [7, 11) is 0. The average molecular weight is 438 g/mol. The molecular weight excluding hydrogens is 423 g/mol. The molecular formula is C19H15BrF3N3O. The van der Waals surface area contributed by atoms with Crippen molar-refractivity contribution in [1.82, 2.24) is 14.5 Å². The lowest BCUT2D eigenvalue weighted by Crippen LogP contribution is -2.39. The molecule has 1 aliphatic rings. The summed E-state index contributed by atoms with van der Waals surface area (Å²) in [6.45, 7) is 2.19. The van der Waals surface area contributed by atoms with Gasteiger partial charge in [0.05, 0.1) is 17.1 Å². The maximum Gasteiger partial charge on any atom is 0.416 e. The third kappa shape index (κ3) is 3.22. The number of carbonyl (C=O) groups is 1. The molecule has 3 aromatic rings. The Morgan fingerprint density at radius 3 is 2.74 bits per heavy atom. The second kappa shape index (κ2) is 6.37. The van der Waals surface area contributed by atoms with Gasteiger partial charge >= 0.3 is 6.18 Å². The Kier molecular flexibility index (Phi) is 4.25. The van der Waals surface area contributed by atoms with Crippen molar-refractivity contribution >= 4 is 27.4 Å². The van der Waals surface area contributed by atoms with Gasteiger partial charge in [0, 0.05) is 17.2 Å². The number of pyridine rings is 1. The van der Waals surface area contributed by atoms with Gasteiger partial charge in [-0.1, -0.05) is 6.07 Å². The molecule has 4 rings (SSSR count). The minimum Gasteiger partial charge on any atom is -0.330 e. The van der Waals surface area contributed by atoms with E-state index in [-0.39, 0.29) is 11.6 Å². The molecule has 2 aromatic heterocycles. The van der Waals surface area contributed by atoms with Gasteiger partial charge in [-0.3, -0.25) is 4.79 Å². The summed E-state index contributed by atoms with van der Waals surface area (Å²) in [4.78, 5) is 14.6. The normalized spacial score (nSPS) is 17.2. The summed E-state index contributed by atoms with van der Waals surface area (Å²) < 4.78 is 41.6. The summed E-state index contributed by atoms with van der Waals surface area (Å²) >= 11 is 3.36. The van der Waals surface area contributed by atoms with Crippen LogP contribution in [0.5, 0.6) is 0 Å². The number of carbonyl (C=O) groups excluding carboxylic acids is 1. The number of halogens is 4. The van der Waals surface area contributed by atoms with E-state index >= 15 is 0 Å². The van der Waals surface area contributed by atoms with Gasteiger partial charge in [0.1, 0.15) is 0 Å². The molecule has 0 fully saturated rings. The first-order valence-corrected chi connectivity index (χ1v) is 9.19. The van der Waals surface area contributed by atoms with E-state index < -0.39 is 17.8 Å². The van der Waals surface area contributed by atoms with Crippen molar-refractivity contribution in [3.8, 4) is 0 Å². The first kappa shape index (κ1) is 18.0. The standard InChI is InChI=1S/C19H15BrF3N3O/c1-11-16-8-13(19(21,22)23)3-2-12(16)6-7-25(11)18(27)17-9-15-5-4-14(20)10-26(15)24-17/h2-5,8-11H,6-7H2,1H3. The average Bonchev–Trinajstić information content (AvgIpc) is 3.03. The number of hydrogen-bond donors (Lipinski definition) is 0. The number of alkyl halides is 3. The molecule has 1 aliphatic heterocycles. The van der Waals surface area contributed by atoms with E-state index in [0.717, 1.165) is 27.7 Å². The minimum absolute atomic E-state index is 0.273. The van der Waals surface area contributed by atoms with Crippen LogP contribution >= 0.6 is 15.9 Å². The van der Waals surface area contributed by atoms with Crippen LogP contribution in [-0.2, 0) is 12.6 Å². The molecule has 0 N–H and O–H groups in total. The third-order valence-corrected chi connectivity index (χ3v) is 5.39. The van der Waals surface area contributed by atoms with Crippen molar-refractivity contribution in [3.05, 3.63) is 69.5 Å². The SMILES string of the molecule is CC1c2cc(C(F)(F)F)ccc2CCN1C(=O)c1cc2ccc(Br)cn2n1. The van der Waals surface area contributed by atoms with Gasteiger partial charge in [0.15, 0.2) is 5.69 Å². The number of aromatic nitrogens is 2. The largest absolute Gasteiger partial charge is 0.416 e. The molecule has 3 heterocycles. The summed E-state index contributed by atoms with van der Waals surface area (Å²) in [6, 6.07) is 8.67. The predicted molar refractivity (Wildman–Crippen MR) is 97.5 cm³/mol. The molecule has 8 heteroatoms. The highest BCUT2D eigenvalue weighted by atomic mass is 79.9. The van der Waals surface area contributed by atoms with Gasteiger partial charge in [0.25, 0.3) is 5.91 Å². The van der Waals surface area contributed by atoms with Gasteiger partial charge in [-0.2, -0.15) is 18.3 Å². The molecule has 140 valence electrons. The van der Waals surface area contributed by atoms with Crippen LogP contribution in [0.2, 0.25) is 0 Å². The van der Waals surface area contributed by atoms with Crippen LogP contribution in [-0.4, -0.2) is 27.0 Å². The van der Waals surface area contributed by atoms with Gasteiger partial charge in [-0.25, -0.2) is 4.52 Å². The van der Waals surface area contributed by atoms with E-state index in [1.807, 2.05) is 12.1 Å². The van der Waals surface area contributed by atoms with Crippen molar-refractivity contribution in [2.75, 3.05) is 6.54 Å². The molecule has 0 saturated heterocycles. The van der Waals surface area contributed by atoms with E-state index in [0.29, 0.717) is 18.5 Å². The fraction of sp³-hybridized carbons (Fsp3) is 0.263. The lowest BCUT2D eigenvalue weighted by molar-refractivity contribution is -0.137. The fourth-order valence-corrected chi connectivity index (χ4v) is 3.81. The van der Waals surface area contributed by atoms with Crippen LogP contribution in [0, 0.1) is 0 Å². The Hall–Kier alpha value is -2.35. The minimum atomic E-state index is -4.41. The number of hydrogen-bond acceptors (Lipinski definition) is 2. The molecule has 4 nitrogen and oxygen atoms in total. The monoisotopic (exact) mass is 437 g/mol. The fourth-order valence-electron chi connectivity index (χ4n) is 3.48. The Labute approximate surface area is 161 Å². The van der Waals surface area contributed by atoms with E-state index in [9.17, 15) is 18.0 Å². The van der Waals surface area contributed by atoms with E-state index in [1.165, 1.54) is 6.07 Å². The summed E-state index contributed by atoms with van der Waals surface area (Å²) in [5.41, 5.74) is 1.73. The molecule has 27 heavy (non-hydrogen) atoms. The van der Waals surface area contributed by atoms with Crippen molar-refractivity contribution in [3.63, 3.8) is 0 Å². The van der Waals surface area contributed by atoms with Gasteiger partial charge in [-0.05, 0) is 70.7 Å². The molecule has 0 spiro atoms. The third-order valence-electron chi connectivity index (χ3n) is 4.92.